The largest absolute Gasteiger partial charge is 0.480 e. The van der Waals surface area contributed by atoms with Gasteiger partial charge >= 0.3 is 5.97 Å². The Hall–Kier alpha value is -1.50. The lowest BCUT2D eigenvalue weighted by atomic mass is 10.2. The van der Waals surface area contributed by atoms with Crippen LogP contribution in [0.4, 0.5) is 0 Å². The number of carbonyl (C=O) groups excluding carboxylic acids is 3. The van der Waals surface area contributed by atoms with E-state index in [1.807, 2.05) is 12.5 Å². The molecule has 3 amide bonds. The zero-order valence-electron chi connectivity index (χ0n) is 15.4. The second-order valence-corrected chi connectivity index (χ2v) is 7.56. The zero-order chi connectivity index (χ0) is 20.8. The maximum absolute atomic E-state index is 12.0. The van der Waals surface area contributed by atoms with E-state index in [1.165, 1.54) is 23.5 Å². The van der Waals surface area contributed by atoms with Gasteiger partial charge in [-0.3, -0.25) is 14.4 Å². The number of rotatable bonds is 14. The van der Waals surface area contributed by atoms with Crippen LogP contribution in [0.3, 0.4) is 0 Å². The molecule has 0 aromatic rings. The number of aliphatic hydroxyl groups excluding tert-OH is 1. The number of hydrogen-bond donors (Lipinski definition) is 6. The topological polar surface area (TPSA) is 171 Å². The van der Waals surface area contributed by atoms with Gasteiger partial charge in [0, 0.05) is 0 Å². The molecule has 0 fully saturated rings. The maximum Gasteiger partial charge on any atom is 0.326 e. The van der Waals surface area contributed by atoms with E-state index in [0.717, 1.165) is 0 Å². The lowest BCUT2D eigenvalue weighted by Gasteiger charge is -2.19. The van der Waals surface area contributed by atoms with Crippen LogP contribution in [0.1, 0.15) is 12.8 Å². The van der Waals surface area contributed by atoms with Crippen LogP contribution in [0.25, 0.3) is 0 Å². The highest BCUT2D eigenvalue weighted by Gasteiger charge is 2.24. The molecular formula is C15H28N4O6S2. The summed E-state index contributed by atoms with van der Waals surface area (Å²) < 4.78 is 0. The molecule has 0 aliphatic rings. The molecule has 0 rings (SSSR count). The summed E-state index contributed by atoms with van der Waals surface area (Å²) in [5, 5.41) is 25.2. The smallest absolute Gasteiger partial charge is 0.326 e. The molecule has 0 spiro atoms. The van der Waals surface area contributed by atoms with Gasteiger partial charge in [-0.15, -0.1) is 0 Å². The molecule has 10 nitrogen and oxygen atoms in total. The van der Waals surface area contributed by atoms with Crippen LogP contribution in [0.15, 0.2) is 0 Å². The van der Waals surface area contributed by atoms with E-state index in [0.29, 0.717) is 17.9 Å². The summed E-state index contributed by atoms with van der Waals surface area (Å²) in [6.45, 7) is -1.15. The molecule has 0 saturated carbocycles. The van der Waals surface area contributed by atoms with Crippen LogP contribution in [0.2, 0.25) is 0 Å². The molecule has 3 unspecified atom stereocenters. The molecule has 0 aliphatic heterocycles. The lowest BCUT2D eigenvalue weighted by molar-refractivity contribution is -0.141. The van der Waals surface area contributed by atoms with Crippen molar-refractivity contribution >= 4 is 47.2 Å². The van der Waals surface area contributed by atoms with Crippen molar-refractivity contribution < 1.29 is 29.4 Å². The van der Waals surface area contributed by atoms with Crippen LogP contribution in [0.5, 0.6) is 0 Å². The van der Waals surface area contributed by atoms with Gasteiger partial charge in [-0.1, -0.05) is 0 Å². The molecule has 0 aromatic heterocycles. The summed E-state index contributed by atoms with van der Waals surface area (Å²) in [5.74, 6) is -1.97. The molecule has 0 saturated heterocycles. The number of hydrogen-bond acceptors (Lipinski definition) is 8. The van der Waals surface area contributed by atoms with Crippen LogP contribution in [-0.4, -0.2) is 89.2 Å². The second-order valence-electron chi connectivity index (χ2n) is 5.59. The maximum atomic E-state index is 12.0. The predicted octanol–water partition coefficient (Wildman–Crippen LogP) is -2.02. The van der Waals surface area contributed by atoms with Crippen LogP contribution in [0, 0.1) is 0 Å². The molecule has 0 heterocycles. The average molecular weight is 425 g/mol. The molecule has 27 heavy (non-hydrogen) atoms. The van der Waals surface area contributed by atoms with E-state index in [9.17, 15) is 24.3 Å². The highest BCUT2D eigenvalue weighted by molar-refractivity contribution is 7.98. The number of thioether (sulfide) groups is 2. The quantitative estimate of drug-likeness (QED) is 0.184. The Labute approximate surface area is 166 Å². The minimum Gasteiger partial charge on any atom is -0.480 e. The molecule has 3 atom stereocenters. The van der Waals surface area contributed by atoms with Gasteiger partial charge in [0.25, 0.3) is 0 Å². The summed E-state index contributed by atoms with van der Waals surface area (Å²) in [6, 6.07) is -3.11. The van der Waals surface area contributed by atoms with Gasteiger partial charge in [-0.05, 0) is 36.9 Å². The molecule has 7 N–H and O–H groups in total. The number of amides is 3. The highest BCUT2D eigenvalue weighted by Crippen LogP contribution is 2.01. The molecular weight excluding hydrogens is 396 g/mol. The first-order valence-corrected chi connectivity index (χ1v) is 11.0. The summed E-state index contributed by atoms with van der Waals surface area (Å²) in [7, 11) is 0. The van der Waals surface area contributed by atoms with Crippen molar-refractivity contribution in [2.45, 2.75) is 31.0 Å². The Morgan fingerprint density at radius 1 is 0.963 bits per heavy atom. The summed E-state index contributed by atoms with van der Waals surface area (Å²) in [6.07, 6.45) is 4.36. The SMILES string of the molecule is CSCCC(N)C(=O)NC(CO)C(=O)NCC(=O)NC(CCSC)C(=O)O. The van der Waals surface area contributed by atoms with E-state index in [1.54, 1.807) is 0 Å². The zero-order valence-corrected chi connectivity index (χ0v) is 17.0. The number of aliphatic carboxylic acids is 1. The van der Waals surface area contributed by atoms with E-state index in [-0.39, 0.29) is 6.42 Å². The normalized spacial score (nSPS) is 13.9. The number of nitrogens with one attached hydrogen (secondary N) is 3. The van der Waals surface area contributed by atoms with Gasteiger partial charge in [0.05, 0.1) is 19.2 Å². The molecule has 0 bridgehead atoms. The fraction of sp³-hybridized carbons (Fsp3) is 0.733. The third-order valence-electron chi connectivity index (χ3n) is 3.45. The average Bonchev–Trinajstić information content (AvgIpc) is 2.64. The van der Waals surface area contributed by atoms with Gasteiger partial charge in [-0.25, -0.2) is 4.79 Å². The van der Waals surface area contributed by atoms with Crippen LogP contribution >= 0.6 is 23.5 Å². The Morgan fingerprint density at radius 3 is 2.07 bits per heavy atom. The van der Waals surface area contributed by atoms with E-state index >= 15 is 0 Å². The minimum atomic E-state index is -1.25. The fourth-order valence-corrected chi connectivity index (χ4v) is 2.84. The first-order valence-electron chi connectivity index (χ1n) is 8.21. The summed E-state index contributed by atoms with van der Waals surface area (Å²) >= 11 is 2.97. The summed E-state index contributed by atoms with van der Waals surface area (Å²) in [5.41, 5.74) is 5.69. The van der Waals surface area contributed by atoms with Crippen LogP contribution in [-0.2, 0) is 19.2 Å². The van der Waals surface area contributed by atoms with Gasteiger partial charge in [0.2, 0.25) is 17.7 Å². The van der Waals surface area contributed by atoms with Crippen molar-refractivity contribution in [1.29, 1.82) is 0 Å². The second kappa shape index (κ2) is 14.5. The van der Waals surface area contributed by atoms with E-state index in [4.69, 9.17) is 10.8 Å². The van der Waals surface area contributed by atoms with Crippen molar-refractivity contribution in [3.63, 3.8) is 0 Å². The Balaban J connectivity index is 4.48. The first-order chi connectivity index (χ1) is 12.8. The third-order valence-corrected chi connectivity index (χ3v) is 4.74. The molecule has 0 aliphatic carbocycles. The number of nitrogens with two attached hydrogens (primary N) is 1. The van der Waals surface area contributed by atoms with Crippen molar-refractivity contribution in [2.24, 2.45) is 5.73 Å². The molecule has 0 aromatic carbocycles. The molecule has 156 valence electrons. The van der Waals surface area contributed by atoms with Gasteiger partial charge in [0.15, 0.2) is 0 Å². The molecule has 12 heteroatoms. The Kier molecular flexibility index (Phi) is 13.7. The third kappa shape index (κ3) is 11.1. The number of carboxylic acid groups (broad SMARTS) is 1. The monoisotopic (exact) mass is 424 g/mol. The van der Waals surface area contributed by atoms with Crippen molar-refractivity contribution in [3.8, 4) is 0 Å². The Bertz CT molecular complexity index is 509. The van der Waals surface area contributed by atoms with Crippen LogP contribution < -0.4 is 21.7 Å². The predicted molar refractivity (Wildman–Crippen MR) is 106 cm³/mol. The number of aliphatic hydroxyl groups is 1. The van der Waals surface area contributed by atoms with Crippen molar-refractivity contribution in [3.05, 3.63) is 0 Å². The van der Waals surface area contributed by atoms with Gasteiger partial charge in [-0.2, -0.15) is 23.5 Å². The minimum absolute atomic E-state index is 0.249. The van der Waals surface area contributed by atoms with Crippen molar-refractivity contribution in [2.75, 3.05) is 37.2 Å². The summed E-state index contributed by atoms with van der Waals surface area (Å²) in [4.78, 5) is 46.8. The van der Waals surface area contributed by atoms with Gasteiger partial charge < -0.3 is 31.9 Å². The Morgan fingerprint density at radius 2 is 1.56 bits per heavy atom. The van der Waals surface area contributed by atoms with E-state index in [2.05, 4.69) is 16.0 Å². The van der Waals surface area contributed by atoms with E-state index < -0.39 is 55.0 Å². The molecule has 0 radical (unpaired) electrons. The standard InChI is InChI=1S/C15H28N4O6S2/c1-26-5-3-9(16)13(22)19-11(8-20)14(23)17-7-12(21)18-10(15(24)25)4-6-27-2/h9-11,20H,3-8,16H2,1-2H3,(H,17,23)(H,18,21)(H,19,22)(H,24,25). The number of carbonyl (C=O) groups is 4. The fourth-order valence-electron chi connectivity index (χ4n) is 1.88. The first kappa shape index (κ1) is 25.5. The highest BCUT2D eigenvalue weighted by atomic mass is 32.2. The van der Waals surface area contributed by atoms with Gasteiger partial charge in [0.1, 0.15) is 12.1 Å². The number of carboxylic acids is 1. The van der Waals surface area contributed by atoms with Crippen molar-refractivity contribution in [1.82, 2.24) is 16.0 Å². The lowest BCUT2D eigenvalue weighted by Crippen LogP contribution is -2.54.